The molecule has 0 amide bonds. The van der Waals surface area contributed by atoms with Gasteiger partial charge in [-0.1, -0.05) is 24.6 Å². The molecule has 1 heterocycles. The lowest BCUT2D eigenvalue weighted by molar-refractivity contribution is 0.237. The first-order valence-corrected chi connectivity index (χ1v) is 8.26. The third kappa shape index (κ3) is 2.74. The first kappa shape index (κ1) is 14.6. The summed E-state index contributed by atoms with van der Waals surface area (Å²) in [6.07, 6.45) is 8.73. The van der Waals surface area contributed by atoms with Crippen LogP contribution in [0.25, 0.3) is 0 Å². The summed E-state index contributed by atoms with van der Waals surface area (Å²) in [5, 5.41) is 0. The van der Waals surface area contributed by atoms with Gasteiger partial charge in [0.1, 0.15) is 5.75 Å². The van der Waals surface area contributed by atoms with Crippen LogP contribution in [-0.4, -0.2) is 31.6 Å². The molecular weight excluding hydrogens is 258 g/mol. The van der Waals surface area contributed by atoms with E-state index in [1.165, 1.54) is 50.8 Å². The largest absolute Gasteiger partial charge is 0.497 e. The van der Waals surface area contributed by atoms with E-state index in [1.807, 2.05) is 6.08 Å². The van der Waals surface area contributed by atoms with Gasteiger partial charge in [-0.15, -0.1) is 6.58 Å². The standard InChI is InChI=1S/C19H27NO/c1-3-12-20-13-6-11-19(10-5-8-17(19)15-20)16-7-4-9-18(14-16)21-2/h3-4,7,9,14,17H,1,5-6,8,10-13,15H2,2H3. The van der Waals surface area contributed by atoms with Gasteiger partial charge in [0.25, 0.3) is 0 Å². The molecule has 2 unspecified atom stereocenters. The molecule has 2 heteroatoms. The Kier molecular flexibility index (Phi) is 4.34. The summed E-state index contributed by atoms with van der Waals surface area (Å²) in [6, 6.07) is 8.82. The van der Waals surface area contributed by atoms with Crippen LogP contribution in [0.2, 0.25) is 0 Å². The van der Waals surface area contributed by atoms with Crippen molar-refractivity contribution < 1.29 is 4.74 Å². The Balaban J connectivity index is 1.91. The monoisotopic (exact) mass is 285 g/mol. The number of methoxy groups -OCH3 is 1. The summed E-state index contributed by atoms with van der Waals surface area (Å²) in [7, 11) is 1.77. The molecule has 1 aromatic carbocycles. The SMILES string of the molecule is C=CCN1CCCC2(c3cccc(OC)c3)CCCC2C1. The van der Waals surface area contributed by atoms with Crippen molar-refractivity contribution in [1.82, 2.24) is 4.90 Å². The van der Waals surface area contributed by atoms with E-state index in [-0.39, 0.29) is 0 Å². The van der Waals surface area contributed by atoms with Crippen LogP contribution in [0.5, 0.6) is 5.75 Å². The van der Waals surface area contributed by atoms with E-state index >= 15 is 0 Å². The minimum Gasteiger partial charge on any atom is -0.497 e. The van der Waals surface area contributed by atoms with Crippen LogP contribution in [0.15, 0.2) is 36.9 Å². The van der Waals surface area contributed by atoms with Crippen molar-refractivity contribution in [2.24, 2.45) is 5.92 Å². The van der Waals surface area contributed by atoms with Gasteiger partial charge in [0.15, 0.2) is 0 Å². The molecule has 1 aromatic rings. The number of likely N-dealkylation sites (tertiary alicyclic amines) is 1. The van der Waals surface area contributed by atoms with Crippen LogP contribution in [0.1, 0.15) is 37.7 Å². The molecule has 0 N–H and O–H groups in total. The Bertz CT molecular complexity index is 498. The average Bonchev–Trinajstić information content (AvgIpc) is 2.83. The lowest BCUT2D eigenvalue weighted by Gasteiger charge is -2.36. The average molecular weight is 285 g/mol. The van der Waals surface area contributed by atoms with Crippen molar-refractivity contribution in [3.63, 3.8) is 0 Å². The highest BCUT2D eigenvalue weighted by Gasteiger charge is 2.45. The molecule has 21 heavy (non-hydrogen) atoms. The maximum Gasteiger partial charge on any atom is 0.119 e. The van der Waals surface area contributed by atoms with Gasteiger partial charge < -0.3 is 4.74 Å². The molecule has 0 radical (unpaired) electrons. The van der Waals surface area contributed by atoms with Gasteiger partial charge in [0, 0.05) is 13.1 Å². The highest BCUT2D eigenvalue weighted by atomic mass is 16.5. The van der Waals surface area contributed by atoms with E-state index in [2.05, 4.69) is 35.7 Å². The fraction of sp³-hybridized carbons (Fsp3) is 0.579. The molecule has 2 fully saturated rings. The van der Waals surface area contributed by atoms with E-state index in [0.29, 0.717) is 5.41 Å². The summed E-state index contributed by atoms with van der Waals surface area (Å²) < 4.78 is 5.46. The van der Waals surface area contributed by atoms with E-state index < -0.39 is 0 Å². The third-order valence-corrected chi connectivity index (χ3v) is 5.56. The first-order chi connectivity index (χ1) is 10.3. The molecule has 3 rings (SSSR count). The van der Waals surface area contributed by atoms with Gasteiger partial charge in [0.2, 0.25) is 0 Å². The molecule has 0 bridgehead atoms. The Hall–Kier alpha value is -1.28. The fourth-order valence-electron chi connectivity index (χ4n) is 4.57. The fourth-order valence-corrected chi connectivity index (χ4v) is 4.57. The Morgan fingerprint density at radius 3 is 3.05 bits per heavy atom. The van der Waals surface area contributed by atoms with Crippen molar-refractivity contribution in [2.45, 2.75) is 37.5 Å². The van der Waals surface area contributed by atoms with Crippen LogP contribution < -0.4 is 4.74 Å². The summed E-state index contributed by atoms with van der Waals surface area (Å²) in [4.78, 5) is 2.59. The summed E-state index contributed by atoms with van der Waals surface area (Å²) in [5.41, 5.74) is 1.88. The Morgan fingerprint density at radius 1 is 1.38 bits per heavy atom. The first-order valence-electron chi connectivity index (χ1n) is 8.26. The predicted octanol–water partition coefficient (Wildman–Crippen LogP) is 4.01. The van der Waals surface area contributed by atoms with Gasteiger partial charge in [0.05, 0.1) is 7.11 Å². The quantitative estimate of drug-likeness (QED) is 0.775. The zero-order valence-electron chi connectivity index (χ0n) is 13.2. The predicted molar refractivity (Wildman–Crippen MR) is 87.9 cm³/mol. The van der Waals surface area contributed by atoms with Crippen molar-refractivity contribution in [3.05, 3.63) is 42.5 Å². The van der Waals surface area contributed by atoms with E-state index in [1.54, 1.807) is 7.11 Å². The zero-order chi connectivity index (χ0) is 14.7. The maximum absolute atomic E-state index is 5.46. The summed E-state index contributed by atoms with van der Waals surface area (Å²) in [6.45, 7) is 7.39. The molecule has 0 spiro atoms. The van der Waals surface area contributed by atoms with Crippen LogP contribution in [0.4, 0.5) is 0 Å². The second-order valence-corrected chi connectivity index (χ2v) is 6.63. The highest BCUT2D eigenvalue weighted by molar-refractivity contribution is 5.36. The second-order valence-electron chi connectivity index (χ2n) is 6.63. The molecule has 1 saturated heterocycles. The number of ether oxygens (including phenoxy) is 1. The Labute approximate surface area is 128 Å². The number of fused-ring (bicyclic) bond motifs is 1. The smallest absolute Gasteiger partial charge is 0.119 e. The van der Waals surface area contributed by atoms with Crippen molar-refractivity contribution in [1.29, 1.82) is 0 Å². The zero-order valence-corrected chi connectivity index (χ0v) is 13.2. The lowest BCUT2D eigenvalue weighted by Crippen LogP contribution is -2.35. The maximum atomic E-state index is 5.46. The van der Waals surface area contributed by atoms with Gasteiger partial charge >= 0.3 is 0 Å². The molecule has 114 valence electrons. The van der Waals surface area contributed by atoms with Gasteiger partial charge in [-0.05, 0) is 61.3 Å². The molecule has 1 aliphatic heterocycles. The minimum absolute atomic E-state index is 0.379. The number of rotatable bonds is 4. The van der Waals surface area contributed by atoms with E-state index in [0.717, 1.165) is 18.2 Å². The van der Waals surface area contributed by atoms with E-state index in [4.69, 9.17) is 4.74 Å². The van der Waals surface area contributed by atoms with Gasteiger partial charge in [-0.3, -0.25) is 4.90 Å². The molecular formula is C19H27NO. The topological polar surface area (TPSA) is 12.5 Å². The Morgan fingerprint density at radius 2 is 2.24 bits per heavy atom. The molecule has 2 aliphatic rings. The number of benzene rings is 1. The molecule has 2 atom stereocenters. The highest BCUT2D eigenvalue weighted by Crippen LogP contribution is 2.50. The van der Waals surface area contributed by atoms with Crippen molar-refractivity contribution >= 4 is 0 Å². The summed E-state index contributed by atoms with van der Waals surface area (Å²) >= 11 is 0. The van der Waals surface area contributed by atoms with Crippen LogP contribution in [-0.2, 0) is 5.41 Å². The molecule has 0 aromatic heterocycles. The van der Waals surface area contributed by atoms with Crippen LogP contribution >= 0.6 is 0 Å². The minimum atomic E-state index is 0.379. The number of nitrogens with zero attached hydrogens (tertiary/aromatic N) is 1. The second kappa shape index (κ2) is 6.23. The van der Waals surface area contributed by atoms with Gasteiger partial charge in [-0.25, -0.2) is 0 Å². The van der Waals surface area contributed by atoms with Crippen LogP contribution in [0.3, 0.4) is 0 Å². The van der Waals surface area contributed by atoms with Crippen molar-refractivity contribution in [2.75, 3.05) is 26.7 Å². The van der Waals surface area contributed by atoms with Gasteiger partial charge in [-0.2, -0.15) is 0 Å². The third-order valence-electron chi connectivity index (χ3n) is 5.56. The molecule has 1 saturated carbocycles. The number of hydrogen-bond donors (Lipinski definition) is 0. The molecule has 1 aliphatic carbocycles. The van der Waals surface area contributed by atoms with Crippen LogP contribution in [0, 0.1) is 5.92 Å². The normalized spacial score (nSPS) is 29.7. The van der Waals surface area contributed by atoms with E-state index in [9.17, 15) is 0 Å². The number of hydrogen-bond acceptors (Lipinski definition) is 2. The molecule has 2 nitrogen and oxygen atoms in total. The summed E-state index contributed by atoms with van der Waals surface area (Å²) in [5.74, 6) is 1.78. The van der Waals surface area contributed by atoms with Crippen molar-refractivity contribution in [3.8, 4) is 5.75 Å². The lowest BCUT2D eigenvalue weighted by atomic mass is 9.69.